The van der Waals surface area contributed by atoms with Crippen LogP contribution in [0.2, 0.25) is 0 Å². The number of hydrogen-bond acceptors (Lipinski definition) is 4. The Morgan fingerprint density at radius 2 is 2.00 bits per heavy atom. The van der Waals surface area contributed by atoms with Crippen molar-refractivity contribution in [1.82, 2.24) is 0 Å². The summed E-state index contributed by atoms with van der Waals surface area (Å²) in [7, 11) is 1.52. The molecule has 4 nitrogen and oxygen atoms in total. The molecule has 0 radical (unpaired) electrons. The predicted molar refractivity (Wildman–Crippen MR) is 54.6 cm³/mol. The van der Waals surface area contributed by atoms with Crippen LogP contribution in [0.5, 0.6) is 0 Å². The van der Waals surface area contributed by atoms with Crippen LogP contribution < -0.4 is 5.73 Å². The van der Waals surface area contributed by atoms with Crippen LogP contribution in [0.1, 0.15) is 13.3 Å². The molecule has 1 saturated carbocycles. The third-order valence-corrected chi connectivity index (χ3v) is 2.73. The molecule has 102 valence electrons. The highest BCUT2D eigenvalue weighted by Crippen LogP contribution is 2.31. The van der Waals surface area contributed by atoms with Crippen molar-refractivity contribution in [1.29, 1.82) is 0 Å². The molecule has 0 aromatic carbocycles. The molecule has 7 heteroatoms. The Bertz CT molecular complexity index is 237. The minimum absolute atomic E-state index is 0.266. The minimum atomic E-state index is -4.35. The largest absolute Gasteiger partial charge is 0.414 e. The van der Waals surface area contributed by atoms with Crippen LogP contribution in [0.15, 0.2) is 0 Å². The Labute approximate surface area is 98.2 Å². The van der Waals surface area contributed by atoms with Gasteiger partial charge in [-0.3, -0.25) is 0 Å². The van der Waals surface area contributed by atoms with Crippen LogP contribution in [0.25, 0.3) is 0 Å². The van der Waals surface area contributed by atoms with E-state index < -0.39 is 24.5 Å². The van der Waals surface area contributed by atoms with E-state index in [0.29, 0.717) is 19.6 Å². The number of rotatable bonds is 6. The molecule has 0 aromatic rings. The van der Waals surface area contributed by atoms with E-state index in [-0.39, 0.29) is 6.04 Å². The molecule has 0 bridgehead atoms. The molecule has 0 spiro atoms. The highest BCUT2D eigenvalue weighted by Gasteiger charge is 2.46. The van der Waals surface area contributed by atoms with Crippen molar-refractivity contribution in [3.63, 3.8) is 0 Å². The van der Waals surface area contributed by atoms with E-state index in [1.807, 2.05) is 0 Å². The molecule has 0 aliphatic heterocycles. The van der Waals surface area contributed by atoms with Crippen LogP contribution >= 0.6 is 0 Å². The van der Waals surface area contributed by atoms with Crippen molar-refractivity contribution in [2.75, 3.05) is 20.3 Å². The van der Waals surface area contributed by atoms with E-state index >= 15 is 0 Å². The summed E-state index contributed by atoms with van der Waals surface area (Å²) < 4.78 is 51.8. The van der Waals surface area contributed by atoms with E-state index in [2.05, 4.69) is 0 Å². The van der Waals surface area contributed by atoms with E-state index in [4.69, 9.17) is 19.9 Å². The fourth-order valence-electron chi connectivity index (χ4n) is 1.59. The van der Waals surface area contributed by atoms with E-state index in [1.54, 1.807) is 0 Å². The second-order valence-electron chi connectivity index (χ2n) is 4.09. The van der Waals surface area contributed by atoms with Crippen LogP contribution in [0, 0.1) is 0 Å². The smallest absolute Gasteiger partial charge is 0.382 e. The standard InChI is InChI=1S/C10H18F3NO3/c1-6(10(11,12)13)17-8-5-7(14)9(8)16-4-3-15-2/h6-9H,3-5,14H2,1-2H3. The maximum absolute atomic E-state index is 12.3. The van der Waals surface area contributed by atoms with Gasteiger partial charge in [0.2, 0.25) is 0 Å². The summed E-state index contributed by atoms with van der Waals surface area (Å²) in [6.45, 7) is 1.66. The third kappa shape index (κ3) is 4.09. The molecule has 0 heterocycles. The van der Waals surface area contributed by atoms with Gasteiger partial charge in [0.1, 0.15) is 0 Å². The quantitative estimate of drug-likeness (QED) is 0.724. The highest BCUT2D eigenvalue weighted by molar-refractivity contribution is 4.95. The summed E-state index contributed by atoms with van der Waals surface area (Å²) >= 11 is 0. The lowest BCUT2D eigenvalue weighted by molar-refractivity contribution is -0.255. The topological polar surface area (TPSA) is 53.7 Å². The molecule has 4 unspecified atom stereocenters. The van der Waals surface area contributed by atoms with Crippen molar-refractivity contribution in [3.8, 4) is 0 Å². The van der Waals surface area contributed by atoms with Gasteiger partial charge < -0.3 is 19.9 Å². The second-order valence-corrected chi connectivity index (χ2v) is 4.09. The Morgan fingerprint density at radius 3 is 2.47 bits per heavy atom. The zero-order valence-corrected chi connectivity index (χ0v) is 9.87. The summed E-state index contributed by atoms with van der Waals surface area (Å²) in [5.74, 6) is 0. The Hall–Kier alpha value is -0.370. The lowest BCUT2D eigenvalue weighted by Crippen LogP contribution is -2.59. The van der Waals surface area contributed by atoms with Crippen LogP contribution in [-0.4, -0.2) is 50.9 Å². The molecule has 4 atom stereocenters. The maximum Gasteiger partial charge on any atom is 0.414 e. The lowest BCUT2D eigenvalue weighted by Gasteiger charge is -2.43. The van der Waals surface area contributed by atoms with Gasteiger partial charge in [0.25, 0.3) is 0 Å². The first-order chi connectivity index (χ1) is 7.86. The number of methoxy groups -OCH3 is 1. The molecule has 1 aliphatic carbocycles. The fourth-order valence-corrected chi connectivity index (χ4v) is 1.59. The van der Waals surface area contributed by atoms with Crippen LogP contribution in [-0.2, 0) is 14.2 Å². The molecule has 0 saturated heterocycles. The monoisotopic (exact) mass is 257 g/mol. The number of alkyl halides is 3. The first-order valence-electron chi connectivity index (χ1n) is 5.44. The van der Waals surface area contributed by atoms with Crippen LogP contribution in [0.4, 0.5) is 13.2 Å². The summed E-state index contributed by atoms with van der Waals surface area (Å²) in [4.78, 5) is 0. The highest BCUT2D eigenvalue weighted by atomic mass is 19.4. The zero-order valence-electron chi connectivity index (χ0n) is 9.87. The third-order valence-electron chi connectivity index (χ3n) is 2.73. The van der Waals surface area contributed by atoms with Gasteiger partial charge in [0, 0.05) is 13.2 Å². The van der Waals surface area contributed by atoms with E-state index in [0.717, 1.165) is 6.92 Å². The van der Waals surface area contributed by atoms with Crippen LogP contribution in [0.3, 0.4) is 0 Å². The van der Waals surface area contributed by atoms with Gasteiger partial charge in [0.15, 0.2) is 6.10 Å². The van der Waals surface area contributed by atoms with Gasteiger partial charge in [-0.05, 0) is 13.3 Å². The number of nitrogens with two attached hydrogens (primary N) is 1. The lowest BCUT2D eigenvalue weighted by atomic mass is 9.86. The maximum atomic E-state index is 12.3. The predicted octanol–water partition coefficient (Wildman–Crippen LogP) is 1.08. The Kier molecular flexibility index (Phi) is 5.18. The number of ether oxygens (including phenoxy) is 3. The normalized spacial score (nSPS) is 31.1. The SMILES string of the molecule is COCCOC1C(N)CC1OC(C)C(F)(F)F. The molecule has 1 rings (SSSR count). The minimum Gasteiger partial charge on any atom is -0.382 e. The number of hydrogen-bond donors (Lipinski definition) is 1. The van der Waals surface area contributed by atoms with Gasteiger partial charge in [-0.15, -0.1) is 0 Å². The molecular weight excluding hydrogens is 239 g/mol. The average Bonchev–Trinajstić information content (AvgIpc) is 2.22. The van der Waals surface area contributed by atoms with Gasteiger partial charge in [-0.2, -0.15) is 13.2 Å². The molecule has 0 aromatic heterocycles. The molecule has 1 fully saturated rings. The van der Waals surface area contributed by atoms with Crippen molar-refractivity contribution >= 4 is 0 Å². The van der Waals surface area contributed by atoms with E-state index in [9.17, 15) is 13.2 Å². The fraction of sp³-hybridized carbons (Fsp3) is 1.00. The zero-order chi connectivity index (χ0) is 13.1. The summed E-state index contributed by atoms with van der Waals surface area (Å²) in [6, 6.07) is -0.266. The van der Waals surface area contributed by atoms with Gasteiger partial charge >= 0.3 is 6.18 Å². The van der Waals surface area contributed by atoms with Crippen molar-refractivity contribution in [3.05, 3.63) is 0 Å². The van der Waals surface area contributed by atoms with Gasteiger partial charge in [-0.1, -0.05) is 0 Å². The average molecular weight is 257 g/mol. The second kappa shape index (κ2) is 5.99. The molecule has 0 amide bonds. The first kappa shape index (κ1) is 14.7. The van der Waals surface area contributed by atoms with Gasteiger partial charge in [0.05, 0.1) is 25.4 Å². The van der Waals surface area contributed by atoms with Crippen molar-refractivity contribution in [2.45, 2.75) is 43.9 Å². The summed E-state index contributed by atoms with van der Waals surface area (Å²) in [5, 5.41) is 0. The van der Waals surface area contributed by atoms with E-state index in [1.165, 1.54) is 7.11 Å². The van der Waals surface area contributed by atoms with Crippen molar-refractivity contribution in [2.24, 2.45) is 5.73 Å². The first-order valence-corrected chi connectivity index (χ1v) is 5.44. The summed E-state index contributed by atoms with van der Waals surface area (Å²) in [6.07, 6.45) is -6.82. The number of halogens is 3. The molecule has 17 heavy (non-hydrogen) atoms. The van der Waals surface area contributed by atoms with Crippen molar-refractivity contribution < 1.29 is 27.4 Å². The molecule has 2 N–H and O–H groups in total. The Balaban J connectivity index is 2.34. The molecular formula is C10H18F3NO3. The van der Waals surface area contributed by atoms with Gasteiger partial charge in [-0.25, -0.2) is 0 Å². The molecule has 1 aliphatic rings. The summed E-state index contributed by atoms with van der Waals surface area (Å²) in [5.41, 5.74) is 5.65. The Morgan fingerprint density at radius 1 is 1.35 bits per heavy atom.